The maximum Gasteiger partial charge on any atom is 0.410 e. The van der Waals surface area contributed by atoms with Crippen molar-refractivity contribution >= 4 is 6.09 Å². The molecule has 1 saturated heterocycles. The molecule has 1 heterocycles. The number of ether oxygens (including phenoxy) is 1. The average Bonchev–Trinajstić information content (AvgIpc) is 3.32. The molecular weight excluding hydrogens is 288 g/mol. The minimum absolute atomic E-state index is 0.140. The van der Waals surface area contributed by atoms with Crippen LogP contribution < -0.4 is 5.32 Å². The fourth-order valence-electron chi connectivity index (χ4n) is 3.35. The Hall–Kier alpha value is -1.55. The Kier molecular flexibility index (Phi) is 4.62. The minimum Gasteiger partial charge on any atom is -0.444 e. The fraction of sp³-hybridized carbons (Fsp3) is 0.632. The van der Waals surface area contributed by atoms with Gasteiger partial charge in [0, 0.05) is 18.1 Å². The first-order chi connectivity index (χ1) is 10.9. The third-order valence-electron chi connectivity index (χ3n) is 4.52. The van der Waals surface area contributed by atoms with Crippen LogP contribution in [0.15, 0.2) is 30.3 Å². The number of benzene rings is 1. The van der Waals surface area contributed by atoms with Crippen LogP contribution in [0.4, 0.5) is 4.79 Å². The summed E-state index contributed by atoms with van der Waals surface area (Å²) in [5.74, 6) is 0. The van der Waals surface area contributed by atoms with Gasteiger partial charge in [-0.15, -0.1) is 0 Å². The van der Waals surface area contributed by atoms with Crippen molar-refractivity contribution in [2.45, 2.75) is 70.2 Å². The molecule has 1 aromatic carbocycles. The number of hydrogen-bond acceptors (Lipinski definition) is 3. The lowest BCUT2D eigenvalue weighted by atomic mass is 9.93. The largest absolute Gasteiger partial charge is 0.444 e. The van der Waals surface area contributed by atoms with Crippen molar-refractivity contribution in [2.24, 2.45) is 0 Å². The van der Waals surface area contributed by atoms with Crippen molar-refractivity contribution < 1.29 is 9.53 Å². The number of nitrogens with one attached hydrogen (secondary N) is 1. The van der Waals surface area contributed by atoms with Gasteiger partial charge in [-0.1, -0.05) is 30.3 Å². The second-order valence-corrected chi connectivity index (χ2v) is 7.71. The van der Waals surface area contributed by atoms with E-state index in [4.69, 9.17) is 4.74 Å². The molecule has 2 fully saturated rings. The summed E-state index contributed by atoms with van der Waals surface area (Å²) in [4.78, 5) is 14.7. The van der Waals surface area contributed by atoms with Gasteiger partial charge in [-0.05, 0) is 58.6 Å². The van der Waals surface area contributed by atoms with E-state index in [1.165, 1.54) is 5.56 Å². The molecule has 1 aliphatic carbocycles. The number of carbonyl (C=O) groups excluding carboxylic acids is 1. The normalized spacial score (nSPS) is 25.0. The highest BCUT2D eigenvalue weighted by molar-refractivity contribution is 5.69. The fourth-order valence-corrected chi connectivity index (χ4v) is 3.35. The third kappa shape index (κ3) is 4.25. The third-order valence-corrected chi connectivity index (χ3v) is 4.52. The number of piperidine rings is 1. The molecule has 1 aliphatic heterocycles. The number of rotatable bonds is 3. The van der Waals surface area contributed by atoms with Crippen LogP contribution in [0.25, 0.3) is 0 Å². The molecule has 2 atom stereocenters. The van der Waals surface area contributed by atoms with Gasteiger partial charge in [-0.2, -0.15) is 0 Å². The molecule has 0 spiro atoms. The Bertz CT molecular complexity index is 534. The maximum absolute atomic E-state index is 12.7. The minimum atomic E-state index is -0.435. The highest BCUT2D eigenvalue weighted by atomic mass is 16.6. The molecule has 0 radical (unpaired) electrons. The van der Waals surface area contributed by atoms with Crippen molar-refractivity contribution in [3.8, 4) is 0 Å². The number of amides is 1. The Labute approximate surface area is 139 Å². The SMILES string of the molecule is CC(C)(C)OC(=O)N(C1CC1)[C@H]1CCN[C@H](c2ccccc2)C1. The van der Waals surface area contributed by atoms with Gasteiger partial charge in [0.1, 0.15) is 5.60 Å². The predicted molar refractivity (Wildman–Crippen MR) is 91.3 cm³/mol. The number of nitrogens with zero attached hydrogens (tertiary/aromatic N) is 1. The summed E-state index contributed by atoms with van der Waals surface area (Å²) in [5, 5.41) is 3.59. The van der Waals surface area contributed by atoms with Gasteiger partial charge in [0.2, 0.25) is 0 Å². The highest BCUT2D eigenvalue weighted by Crippen LogP contribution is 2.35. The summed E-state index contributed by atoms with van der Waals surface area (Å²) in [6.07, 6.45) is 4.04. The van der Waals surface area contributed by atoms with E-state index < -0.39 is 5.60 Å². The van der Waals surface area contributed by atoms with Crippen LogP contribution in [-0.4, -0.2) is 35.2 Å². The van der Waals surface area contributed by atoms with E-state index >= 15 is 0 Å². The quantitative estimate of drug-likeness (QED) is 0.920. The van der Waals surface area contributed by atoms with Crippen molar-refractivity contribution in [2.75, 3.05) is 6.54 Å². The van der Waals surface area contributed by atoms with E-state index in [0.29, 0.717) is 12.1 Å². The molecule has 23 heavy (non-hydrogen) atoms. The molecule has 4 nitrogen and oxygen atoms in total. The summed E-state index contributed by atoms with van der Waals surface area (Å²) in [6.45, 7) is 6.75. The van der Waals surface area contributed by atoms with Crippen LogP contribution in [0.2, 0.25) is 0 Å². The molecule has 3 rings (SSSR count). The first-order valence-electron chi connectivity index (χ1n) is 8.74. The molecule has 0 unspecified atom stereocenters. The molecule has 1 saturated carbocycles. The second-order valence-electron chi connectivity index (χ2n) is 7.71. The first-order valence-corrected chi connectivity index (χ1v) is 8.74. The van der Waals surface area contributed by atoms with Gasteiger partial charge in [-0.25, -0.2) is 4.79 Å². The van der Waals surface area contributed by atoms with Crippen LogP contribution in [-0.2, 0) is 4.74 Å². The molecular formula is C19H28N2O2. The monoisotopic (exact) mass is 316 g/mol. The van der Waals surface area contributed by atoms with E-state index in [2.05, 4.69) is 29.6 Å². The van der Waals surface area contributed by atoms with E-state index in [1.807, 2.05) is 31.7 Å². The zero-order valence-corrected chi connectivity index (χ0v) is 14.4. The summed E-state index contributed by atoms with van der Waals surface area (Å²) >= 11 is 0. The van der Waals surface area contributed by atoms with Crippen LogP contribution in [0, 0.1) is 0 Å². The Morgan fingerprint density at radius 2 is 1.83 bits per heavy atom. The molecule has 0 bridgehead atoms. The van der Waals surface area contributed by atoms with E-state index in [1.54, 1.807) is 0 Å². The zero-order valence-electron chi connectivity index (χ0n) is 14.4. The maximum atomic E-state index is 12.7. The van der Waals surface area contributed by atoms with Gasteiger partial charge in [0.15, 0.2) is 0 Å². The van der Waals surface area contributed by atoms with Crippen molar-refractivity contribution in [3.05, 3.63) is 35.9 Å². The standard InChI is InChI=1S/C19H28N2O2/c1-19(2,3)23-18(22)21(15-9-10-15)16-11-12-20-17(13-16)14-7-5-4-6-8-14/h4-8,15-17,20H,9-13H2,1-3H3/t16-,17-/m0/s1. The lowest BCUT2D eigenvalue weighted by Crippen LogP contribution is -2.49. The van der Waals surface area contributed by atoms with Crippen LogP contribution in [0.5, 0.6) is 0 Å². The molecule has 4 heteroatoms. The average molecular weight is 316 g/mol. The van der Waals surface area contributed by atoms with Crippen LogP contribution >= 0.6 is 0 Å². The summed E-state index contributed by atoms with van der Waals surface area (Å²) in [7, 11) is 0. The Morgan fingerprint density at radius 3 is 2.43 bits per heavy atom. The van der Waals surface area contributed by atoms with Gasteiger partial charge in [0.05, 0.1) is 0 Å². The van der Waals surface area contributed by atoms with Crippen molar-refractivity contribution in [3.63, 3.8) is 0 Å². The Morgan fingerprint density at radius 1 is 1.13 bits per heavy atom. The molecule has 1 amide bonds. The van der Waals surface area contributed by atoms with Gasteiger partial charge < -0.3 is 15.0 Å². The molecule has 2 aliphatic rings. The zero-order chi connectivity index (χ0) is 16.4. The van der Waals surface area contributed by atoms with Crippen molar-refractivity contribution in [1.82, 2.24) is 10.2 Å². The smallest absolute Gasteiger partial charge is 0.410 e. The lowest BCUT2D eigenvalue weighted by Gasteiger charge is -2.39. The van der Waals surface area contributed by atoms with E-state index in [0.717, 1.165) is 32.2 Å². The highest BCUT2D eigenvalue weighted by Gasteiger charge is 2.41. The van der Waals surface area contributed by atoms with Crippen LogP contribution in [0.3, 0.4) is 0 Å². The van der Waals surface area contributed by atoms with Gasteiger partial charge in [-0.3, -0.25) is 0 Å². The summed E-state index contributed by atoms with van der Waals surface area (Å²) in [5.41, 5.74) is 0.868. The number of hydrogen-bond donors (Lipinski definition) is 1. The first kappa shape index (κ1) is 16.3. The predicted octanol–water partition coefficient (Wildman–Crippen LogP) is 3.88. The van der Waals surface area contributed by atoms with Gasteiger partial charge in [0.25, 0.3) is 0 Å². The molecule has 126 valence electrons. The molecule has 1 N–H and O–H groups in total. The number of carbonyl (C=O) groups is 1. The summed E-state index contributed by atoms with van der Waals surface area (Å²) < 4.78 is 5.66. The molecule has 1 aromatic rings. The van der Waals surface area contributed by atoms with Gasteiger partial charge >= 0.3 is 6.09 Å². The van der Waals surface area contributed by atoms with Crippen molar-refractivity contribution in [1.29, 1.82) is 0 Å². The summed E-state index contributed by atoms with van der Waals surface area (Å²) in [6, 6.07) is 11.5. The van der Waals surface area contributed by atoms with E-state index in [9.17, 15) is 4.79 Å². The lowest BCUT2D eigenvalue weighted by molar-refractivity contribution is 0.00877. The second kappa shape index (κ2) is 6.52. The van der Waals surface area contributed by atoms with E-state index in [-0.39, 0.29) is 12.1 Å². The molecule has 0 aromatic heterocycles. The topological polar surface area (TPSA) is 41.6 Å². The Balaban J connectivity index is 1.71. The van der Waals surface area contributed by atoms with Crippen LogP contribution in [0.1, 0.15) is 58.1 Å².